The predicted octanol–water partition coefficient (Wildman–Crippen LogP) is 2.36. The number of nitrogens with zero attached hydrogens (tertiary/aromatic N) is 1. The maximum Gasteiger partial charge on any atom is 0.249 e. The lowest BCUT2D eigenvalue weighted by molar-refractivity contribution is -0.131. The largest absolute Gasteiger partial charge is 0.385 e. The first-order valence-corrected chi connectivity index (χ1v) is 8.33. The summed E-state index contributed by atoms with van der Waals surface area (Å²) >= 11 is 0. The van der Waals surface area contributed by atoms with E-state index in [0.717, 1.165) is 18.5 Å². The summed E-state index contributed by atoms with van der Waals surface area (Å²) in [5.74, 6) is -0.162. The van der Waals surface area contributed by atoms with Crippen molar-refractivity contribution in [1.29, 1.82) is 0 Å². The molecule has 1 saturated heterocycles. The van der Waals surface area contributed by atoms with Crippen LogP contribution in [0.5, 0.6) is 0 Å². The molecule has 0 radical (unpaired) electrons. The number of methoxy groups -OCH3 is 1. The number of carbonyl (C=O) groups excluding carboxylic acids is 2. The molecule has 0 aromatic heterocycles. The Kier molecular flexibility index (Phi) is 6.59. The average Bonchev–Trinajstić information content (AvgIpc) is 2.58. The molecule has 2 rings (SSSR count). The van der Waals surface area contributed by atoms with Gasteiger partial charge in [-0.3, -0.25) is 9.59 Å². The first-order chi connectivity index (χ1) is 11.2. The lowest BCUT2D eigenvalue weighted by atomic mass is 9.99. The van der Waals surface area contributed by atoms with Crippen LogP contribution in [0.2, 0.25) is 0 Å². The number of rotatable bonds is 7. The van der Waals surface area contributed by atoms with E-state index in [1.165, 1.54) is 0 Å². The number of hydrogen-bond donors (Lipinski definition) is 1. The van der Waals surface area contributed by atoms with Gasteiger partial charge in [-0.2, -0.15) is 0 Å². The molecular weight excluding hydrogens is 292 g/mol. The van der Waals surface area contributed by atoms with Gasteiger partial charge in [-0.1, -0.05) is 25.1 Å². The molecule has 0 saturated carbocycles. The van der Waals surface area contributed by atoms with Crippen LogP contribution in [0.25, 0.3) is 0 Å². The van der Waals surface area contributed by atoms with E-state index in [9.17, 15) is 9.59 Å². The van der Waals surface area contributed by atoms with Crippen LogP contribution in [-0.4, -0.2) is 38.1 Å². The van der Waals surface area contributed by atoms with Crippen molar-refractivity contribution in [1.82, 2.24) is 5.32 Å². The quantitative estimate of drug-likeness (QED) is 0.839. The zero-order valence-electron chi connectivity index (χ0n) is 14.0. The standard InChI is InChI=1S/C18H26N2O3/c1-3-14(11-13-23-2)17(21)19-16-10-7-12-20(18(16)22)15-8-5-4-6-9-15/h4-6,8-9,14,16H,3,7,10-13H2,1-2H3,(H,19,21). The summed E-state index contributed by atoms with van der Waals surface area (Å²) in [6, 6.07) is 9.20. The van der Waals surface area contributed by atoms with Crippen molar-refractivity contribution < 1.29 is 14.3 Å². The number of benzene rings is 1. The lowest BCUT2D eigenvalue weighted by Crippen LogP contribution is -2.53. The van der Waals surface area contributed by atoms with E-state index in [2.05, 4.69) is 5.32 Å². The van der Waals surface area contributed by atoms with Crippen molar-refractivity contribution in [2.75, 3.05) is 25.2 Å². The summed E-state index contributed by atoms with van der Waals surface area (Å²) < 4.78 is 5.06. The number of piperidine rings is 1. The van der Waals surface area contributed by atoms with Gasteiger partial charge in [0.25, 0.3) is 0 Å². The smallest absolute Gasteiger partial charge is 0.249 e. The fraction of sp³-hybridized carbons (Fsp3) is 0.556. The number of carbonyl (C=O) groups is 2. The Morgan fingerprint density at radius 3 is 2.78 bits per heavy atom. The Hall–Kier alpha value is -1.88. The summed E-state index contributed by atoms with van der Waals surface area (Å²) in [6.07, 6.45) is 3.02. The average molecular weight is 318 g/mol. The van der Waals surface area contributed by atoms with Gasteiger partial charge in [-0.15, -0.1) is 0 Å². The minimum absolute atomic E-state index is 0.0163. The summed E-state index contributed by atoms with van der Waals surface area (Å²) in [7, 11) is 1.63. The number of para-hydroxylation sites is 1. The highest BCUT2D eigenvalue weighted by Crippen LogP contribution is 2.21. The van der Waals surface area contributed by atoms with Crippen LogP contribution in [0.4, 0.5) is 5.69 Å². The summed E-state index contributed by atoms with van der Waals surface area (Å²) in [4.78, 5) is 26.8. The van der Waals surface area contributed by atoms with Gasteiger partial charge < -0.3 is 15.0 Å². The van der Waals surface area contributed by atoms with Gasteiger partial charge in [0.2, 0.25) is 11.8 Å². The van der Waals surface area contributed by atoms with E-state index >= 15 is 0 Å². The number of hydrogen-bond acceptors (Lipinski definition) is 3. The van der Waals surface area contributed by atoms with E-state index in [0.29, 0.717) is 26.0 Å². The van der Waals surface area contributed by atoms with Gasteiger partial charge in [-0.25, -0.2) is 0 Å². The van der Waals surface area contributed by atoms with Crippen LogP contribution in [-0.2, 0) is 14.3 Å². The summed E-state index contributed by atoms with van der Waals surface area (Å²) in [5, 5.41) is 2.94. The molecule has 5 heteroatoms. The molecule has 1 N–H and O–H groups in total. The fourth-order valence-electron chi connectivity index (χ4n) is 2.94. The lowest BCUT2D eigenvalue weighted by Gasteiger charge is -2.33. The molecule has 1 aliphatic rings. The van der Waals surface area contributed by atoms with Crippen molar-refractivity contribution in [2.45, 2.75) is 38.6 Å². The highest BCUT2D eigenvalue weighted by molar-refractivity contribution is 6.00. The predicted molar refractivity (Wildman–Crippen MR) is 90.2 cm³/mol. The van der Waals surface area contributed by atoms with Crippen molar-refractivity contribution in [2.24, 2.45) is 5.92 Å². The van der Waals surface area contributed by atoms with Crippen molar-refractivity contribution in [3.63, 3.8) is 0 Å². The Bertz CT molecular complexity index is 518. The molecule has 0 aliphatic carbocycles. The van der Waals surface area contributed by atoms with Gasteiger partial charge in [0.15, 0.2) is 0 Å². The third kappa shape index (κ3) is 4.55. The Labute approximate surface area is 138 Å². The number of amides is 2. The first-order valence-electron chi connectivity index (χ1n) is 8.33. The van der Waals surface area contributed by atoms with E-state index in [1.54, 1.807) is 12.0 Å². The summed E-state index contributed by atoms with van der Waals surface area (Å²) in [6.45, 7) is 3.25. The van der Waals surface area contributed by atoms with Crippen LogP contribution in [0.15, 0.2) is 30.3 Å². The van der Waals surface area contributed by atoms with Crippen LogP contribution >= 0.6 is 0 Å². The third-order valence-corrected chi connectivity index (χ3v) is 4.36. The maximum absolute atomic E-state index is 12.7. The van der Waals surface area contributed by atoms with Gasteiger partial charge in [0.1, 0.15) is 6.04 Å². The molecule has 126 valence electrons. The molecule has 0 bridgehead atoms. The first kappa shape index (κ1) is 17.5. The second-order valence-corrected chi connectivity index (χ2v) is 5.92. The zero-order chi connectivity index (χ0) is 16.7. The Morgan fingerprint density at radius 1 is 1.39 bits per heavy atom. The number of anilines is 1. The number of ether oxygens (including phenoxy) is 1. The molecule has 1 aromatic rings. The molecule has 1 aliphatic heterocycles. The molecule has 1 aromatic carbocycles. The molecule has 2 unspecified atom stereocenters. The zero-order valence-corrected chi connectivity index (χ0v) is 14.0. The molecule has 1 fully saturated rings. The molecule has 23 heavy (non-hydrogen) atoms. The molecule has 1 heterocycles. The molecule has 2 amide bonds. The van der Waals surface area contributed by atoms with Gasteiger partial charge in [-0.05, 0) is 37.8 Å². The van der Waals surface area contributed by atoms with Gasteiger partial charge >= 0.3 is 0 Å². The Morgan fingerprint density at radius 2 is 2.13 bits per heavy atom. The van der Waals surface area contributed by atoms with E-state index < -0.39 is 6.04 Å². The second kappa shape index (κ2) is 8.67. The normalized spacial score (nSPS) is 19.5. The second-order valence-electron chi connectivity index (χ2n) is 5.92. The minimum Gasteiger partial charge on any atom is -0.385 e. The minimum atomic E-state index is -0.423. The molecule has 0 spiro atoms. The highest BCUT2D eigenvalue weighted by Gasteiger charge is 2.31. The van der Waals surface area contributed by atoms with E-state index in [-0.39, 0.29) is 17.7 Å². The molecule has 2 atom stereocenters. The van der Waals surface area contributed by atoms with Gasteiger partial charge in [0.05, 0.1) is 0 Å². The van der Waals surface area contributed by atoms with Crippen molar-refractivity contribution in [3.8, 4) is 0 Å². The van der Waals surface area contributed by atoms with Crippen molar-refractivity contribution >= 4 is 17.5 Å². The third-order valence-electron chi connectivity index (χ3n) is 4.36. The monoisotopic (exact) mass is 318 g/mol. The van der Waals surface area contributed by atoms with Crippen molar-refractivity contribution in [3.05, 3.63) is 30.3 Å². The summed E-state index contributed by atoms with van der Waals surface area (Å²) in [5.41, 5.74) is 0.892. The molecular formula is C18H26N2O3. The van der Waals surface area contributed by atoms with Crippen LogP contribution < -0.4 is 10.2 Å². The van der Waals surface area contributed by atoms with Crippen LogP contribution in [0, 0.1) is 5.92 Å². The van der Waals surface area contributed by atoms with E-state index in [1.807, 2.05) is 37.3 Å². The fourth-order valence-corrected chi connectivity index (χ4v) is 2.94. The number of nitrogens with one attached hydrogen (secondary N) is 1. The SMILES string of the molecule is CCC(CCOC)C(=O)NC1CCCN(c2ccccc2)C1=O. The molecule has 5 nitrogen and oxygen atoms in total. The van der Waals surface area contributed by atoms with Gasteiger partial charge in [0, 0.05) is 31.9 Å². The topological polar surface area (TPSA) is 58.6 Å². The highest BCUT2D eigenvalue weighted by atomic mass is 16.5. The van der Waals surface area contributed by atoms with Crippen LogP contribution in [0.3, 0.4) is 0 Å². The maximum atomic E-state index is 12.7. The van der Waals surface area contributed by atoms with E-state index in [4.69, 9.17) is 4.74 Å². The Balaban J connectivity index is 1.99. The van der Waals surface area contributed by atoms with Crippen LogP contribution in [0.1, 0.15) is 32.6 Å².